The summed E-state index contributed by atoms with van der Waals surface area (Å²) in [6, 6.07) is 13.2. The molecule has 0 aliphatic heterocycles. The van der Waals surface area contributed by atoms with Gasteiger partial charge in [-0.15, -0.1) is 5.10 Å². The standard InChI is InChI=1S/C18H12N4O3/c1-2-5-14-13(4-1)19-18(25-11-12-7-9-23-10-12)17-20-16(21-22(14)17)15-6-3-8-24-15/h1-10H,11H2. The third kappa shape index (κ3) is 2.33. The number of fused-ring (bicyclic) bond motifs is 3. The van der Waals surface area contributed by atoms with E-state index in [9.17, 15) is 0 Å². The molecular weight excluding hydrogens is 320 g/mol. The SMILES string of the molecule is c1coc(-c2nc3c(OCc4ccoc4)nc4ccccc4n3n2)c1. The van der Waals surface area contributed by atoms with Crippen molar-refractivity contribution in [2.75, 3.05) is 0 Å². The molecule has 122 valence electrons. The molecule has 4 aromatic heterocycles. The van der Waals surface area contributed by atoms with Gasteiger partial charge in [0.05, 0.1) is 29.8 Å². The highest BCUT2D eigenvalue weighted by atomic mass is 16.5. The minimum absolute atomic E-state index is 0.334. The first-order valence-electron chi connectivity index (χ1n) is 7.72. The summed E-state index contributed by atoms with van der Waals surface area (Å²) in [5.41, 5.74) is 3.07. The maximum Gasteiger partial charge on any atom is 0.260 e. The van der Waals surface area contributed by atoms with E-state index in [1.807, 2.05) is 36.4 Å². The molecule has 0 aliphatic carbocycles. The second-order valence-corrected chi connectivity index (χ2v) is 5.47. The molecule has 0 amide bonds. The fourth-order valence-corrected chi connectivity index (χ4v) is 2.65. The highest BCUT2D eigenvalue weighted by Crippen LogP contribution is 2.26. The average Bonchev–Trinajstić information content (AvgIpc) is 3.40. The van der Waals surface area contributed by atoms with Crippen LogP contribution in [0, 0.1) is 0 Å². The van der Waals surface area contributed by atoms with Gasteiger partial charge in [-0.05, 0) is 30.3 Å². The van der Waals surface area contributed by atoms with Crippen LogP contribution in [0.25, 0.3) is 28.3 Å². The number of benzene rings is 1. The predicted molar refractivity (Wildman–Crippen MR) is 89.0 cm³/mol. The van der Waals surface area contributed by atoms with E-state index < -0.39 is 0 Å². The van der Waals surface area contributed by atoms with Crippen LogP contribution < -0.4 is 4.74 Å². The van der Waals surface area contributed by atoms with E-state index in [0.29, 0.717) is 29.7 Å². The molecule has 0 fully saturated rings. The number of para-hydroxylation sites is 2. The maximum absolute atomic E-state index is 5.88. The van der Waals surface area contributed by atoms with Crippen LogP contribution in [-0.2, 0) is 6.61 Å². The molecule has 0 unspecified atom stereocenters. The van der Waals surface area contributed by atoms with Crippen molar-refractivity contribution in [3.63, 3.8) is 0 Å². The summed E-state index contributed by atoms with van der Waals surface area (Å²) in [4.78, 5) is 9.14. The van der Waals surface area contributed by atoms with Crippen LogP contribution in [0.2, 0.25) is 0 Å². The second kappa shape index (κ2) is 5.48. The fraction of sp³-hybridized carbons (Fsp3) is 0.0556. The number of hydrogen-bond donors (Lipinski definition) is 0. The van der Waals surface area contributed by atoms with Crippen LogP contribution >= 0.6 is 0 Å². The van der Waals surface area contributed by atoms with Crippen LogP contribution in [0.4, 0.5) is 0 Å². The van der Waals surface area contributed by atoms with E-state index in [4.69, 9.17) is 13.6 Å². The third-order valence-electron chi connectivity index (χ3n) is 3.83. The Morgan fingerprint density at radius 3 is 2.80 bits per heavy atom. The monoisotopic (exact) mass is 332 g/mol. The largest absolute Gasteiger partial charge is 0.472 e. The van der Waals surface area contributed by atoms with Crippen LogP contribution in [0.5, 0.6) is 5.88 Å². The Bertz CT molecular complexity index is 1140. The van der Waals surface area contributed by atoms with Gasteiger partial charge in [-0.1, -0.05) is 12.1 Å². The quantitative estimate of drug-likeness (QED) is 0.499. The molecule has 0 atom stereocenters. The van der Waals surface area contributed by atoms with Crippen molar-refractivity contribution < 1.29 is 13.6 Å². The first-order valence-corrected chi connectivity index (χ1v) is 7.72. The van der Waals surface area contributed by atoms with Crippen molar-refractivity contribution >= 4 is 16.7 Å². The van der Waals surface area contributed by atoms with Gasteiger partial charge in [0.2, 0.25) is 11.5 Å². The number of nitrogens with zero attached hydrogens (tertiary/aromatic N) is 4. The van der Waals surface area contributed by atoms with Crippen molar-refractivity contribution in [3.05, 3.63) is 66.8 Å². The van der Waals surface area contributed by atoms with Gasteiger partial charge in [-0.2, -0.15) is 4.98 Å². The van der Waals surface area contributed by atoms with Crippen molar-refractivity contribution in [2.45, 2.75) is 6.61 Å². The molecule has 7 nitrogen and oxygen atoms in total. The molecule has 25 heavy (non-hydrogen) atoms. The fourth-order valence-electron chi connectivity index (χ4n) is 2.65. The first kappa shape index (κ1) is 13.8. The Morgan fingerprint density at radius 1 is 1.00 bits per heavy atom. The van der Waals surface area contributed by atoms with Crippen LogP contribution in [0.1, 0.15) is 5.56 Å². The lowest BCUT2D eigenvalue weighted by atomic mass is 10.3. The predicted octanol–water partition coefficient (Wildman–Crippen LogP) is 3.71. The normalized spacial score (nSPS) is 11.4. The highest BCUT2D eigenvalue weighted by molar-refractivity contribution is 5.79. The number of hydrogen-bond acceptors (Lipinski definition) is 6. The maximum atomic E-state index is 5.88. The lowest BCUT2D eigenvalue weighted by Crippen LogP contribution is -2.01. The van der Waals surface area contributed by atoms with E-state index in [1.165, 1.54) is 0 Å². The molecule has 0 saturated carbocycles. The van der Waals surface area contributed by atoms with E-state index >= 15 is 0 Å². The topological polar surface area (TPSA) is 78.6 Å². The number of furan rings is 2. The minimum Gasteiger partial charge on any atom is -0.472 e. The Balaban J connectivity index is 1.68. The zero-order valence-electron chi connectivity index (χ0n) is 13.0. The van der Waals surface area contributed by atoms with Gasteiger partial charge in [-0.25, -0.2) is 9.50 Å². The van der Waals surface area contributed by atoms with Gasteiger partial charge >= 0.3 is 0 Å². The van der Waals surface area contributed by atoms with Gasteiger partial charge in [0.1, 0.15) is 6.61 Å². The summed E-state index contributed by atoms with van der Waals surface area (Å²) in [7, 11) is 0. The van der Waals surface area contributed by atoms with E-state index in [0.717, 1.165) is 16.6 Å². The third-order valence-corrected chi connectivity index (χ3v) is 3.83. The summed E-state index contributed by atoms with van der Waals surface area (Å²) in [5.74, 6) is 1.48. The van der Waals surface area contributed by atoms with Crippen molar-refractivity contribution in [1.29, 1.82) is 0 Å². The molecule has 0 spiro atoms. The lowest BCUT2D eigenvalue weighted by molar-refractivity contribution is 0.295. The van der Waals surface area contributed by atoms with Crippen LogP contribution in [-0.4, -0.2) is 19.6 Å². The molecule has 0 radical (unpaired) electrons. The lowest BCUT2D eigenvalue weighted by Gasteiger charge is -2.07. The van der Waals surface area contributed by atoms with E-state index in [-0.39, 0.29) is 0 Å². The Morgan fingerprint density at radius 2 is 1.96 bits per heavy atom. The van der Waals surface area contributed by atoms with Gasteiger partial charge in [0.25, 0.3) is 5.88 Å². The zero-order chi connectivity index (χ0) is 16.6. The Hall–Kier alpha value is -3.61. The van der Waals surface area contributed by atoms with Gasteiger partial charge in [0.15, 0.2) is 5.76 Å². The van der Waals surface area contributed by atoms with Crippen molar-refractivity contribution in [3.8, 4) is 17.5 Å². The molecule has 4 heterocycles. The Kier molecular flexibility index (Phi) is 3.03. The zero-order valence-corrected chi connectivity index (χ0v) is 13.0. The first-order chi connectivity index (χ1) is 12.4. The molecule has 0 N–H and O–H groups in total. The molecule has 5 rings (SSSR count). The van der Waals surface area contributed by atoms with E-state index in [2.05, 4.69) is 15.1 Å². The molecule has 0 saturated heterocycles. The molecule has 7 heteroatoms. The van der Waals surface area contributed by atoms with Gasteiger partial charge in [-0.3, -0.25) is 0 Å². The smallest absolute Gasteiger partial charge is 0.260 e. The number of ether oxygens (including phenoxy) is 1. The van der Waals surface area contributed by atoms with Crippen molar-refractivity contribution in [1.82, 2.24) is 19.6 Å². The number of aromatic nitrogens is 4. The summed E-state index contributed by atoms with van der Waals surface area (Å²) < 4.78 is 18.1. The Labute approximate surface area is 141 Å². The summed E-state index contributed by atoms with van der Waals surface area (Å²) in [6.07, 6.45) is 4.83. The van der Waals surface area contributed by atoms with Crippen molar-refractivity contribution in [2.24, 2.45) is 0 Å². The summed E-state index contributed by atoms with van der Waals surface area (Å²) in [5, 5.41) is 4.56. The molecule has 5 aromatic rings. The van der Waals surface area contributed by atoms with Gasteiger partial charge in [0, 0.05) is 5.56 Å². The van der Waals surface area contributed by atoms with E-state index in [1.54, 1.807) is 29.4 Å². The van der Waals surface area contributed by atoms with Crippen LogP contribution in [0.15, 0.2) is 70.1 Å². The highest BCUT2D eigenvalue weighted by Gasteiger charge is 2.17. The molecule has 1 aromatic carbocycles. The molecule has 0 aliphatic rings. The summed E-state index contributed by atoms with van der Waals surface area (Å²) in [6.45, 7) is 0.334. The van der Waals surface area contributed by atoms with Crippen LogP contribution in [0.3, 0.4) is 0 Å². The molecular formula is C18H12N4O3. The minimum atomic E-state index is 0.334. The number of rotatable bonds is 4. The summed E-state index contributed by atoms with van der Waals surface area (Å²) >= 11 is 0. The second-order valence-electron chi connectivity index (χ2n) is 5.47. The average molecular weight is 332 g/mol. The molecule has 0 bridgehead atoms. The van der Waals surface area contributed by atoms with Gasteiger partial charge < -0.3 is 13.6 Å².